The molecule has 9 nitrogen and oxygen atoms in total. The van der Waals surface area contributed by atoms with Gasteiger partial charge in [-0.2, -0.15) is 5.10 Å². The van der Waals surface area contributed by atoms with Crippen molar-refractivity contribution < 1.29 is 13.9 Å². The lowest BCUT2D eigenvalue weighted by molar-refractivity contribution is 0.237. The van der Waals surface area contributed by atoms with Gasteiger partial charge in [0.25, 0.3) is 0 Å². The van der Waals surface area contributed by atoms with Gasteiger partial charge in [0.15, 0.2) is 0 Å². The van der Waals surface area contributed by atoms with Crippen molar-refractivity contribution in [1.82, 2.24) is 35.0 Å². The minimum atomic E-state index is -0.346. The lowest BCUT2D eigenvalue weighted by Crippen LogP contribution is -2.25. The molecule has 0 unspecified atom stereocenters. The molecule has 6 aromatic rings. The number of fused-ring (bicyclic) bond motifs is 2. The highest BCUT2D eigenvalue weighted by atomic mass is 19.1. The van der Waals surface area contributed by atoms with Gasteiger partial charge in [0.1, 0.15) is 40.8 Å². The van der Waals surface area contributed by atoms with Crippen LogP contribution < -0.4 is 9.47 Å². The predicted molar refractivity (Wildman–Crippen MR) is 155 cm³/mol. The molecule has 1 aliphatic heterocycles. The Kier molecular flexibility index (Phi) is 6.52. The van der Waals surface area contributed by atoms with Gasteiger partial charge in [-0.1, -0.05) is 0 Å². The third-order valence-corrected chi connectivity index (χ3v) is 7.50. The quantitative estimate of drug-likeness (QED) is 0.245. The molecule has 0 radical (unpaired) electrons. The monoisotopic (exact) mass is 549 g/mol. The van der Waals surface area contributed by atoms with Gasteiger partial charge in [-0.25, -0.2) is 14.4 Å². The summed E-state index contributed by atoms with van der Waals surface area (Å²) >= 11 is 0. The topological polar surface area (TPSA) is 105 Å². The number of likely N-dealkylation sites (tertiary alicyclic amines) is 1. The maximum atomic E-state index is 14.7. The van der Waals surface area contributed by atoms with Crippen LogP contribution in [0.4, 0.5) is 4.39 Å². The Hall–Kier alpha value is -4.83. The molecule has 0 amide bonds. The summed E-state index contributed by atoms with van der Waals surface area (Å²) in [4.78, 5) is 19.4. The zero-order chi connectivity index (χ0) is 27.8. The molecule has 1 aliphatic rings. The van der Waals surface area contributed by atoms with E-state index in [1.54, 1.807) is 25.7 Å². The molecular weight excluding hydrogens is 521 g/mol. The molecule has 0 aliphatic carbocycles. The van der Waals surface area contributed by atoms with Gasteiger partial charge in [-0.05, 0) is 79.5 Å². The van der Waals surface area contributed by atoms with Gasteiger partial charge in [0.2, 0.25) is 0 Å². The highest BCUT2D eigenvalue weighted by molar-refractivity contribution is 5.99. The maximum absolute atomic E-state index is 14.7. The fourth-order valence-corrected chi connectivity index (χ4v) is 5.42. The van der Waals surface area contributed by atoms with E-state index in [4.69, 9.17) is 14.5 Å². The lowest BCUT2D eigenvalue weighted by Gasteiger charge is -2.15. The third kappa shape index (κ3) is 4.98. The van der Waals surface area contributed by atoms with Gasteiger partial charge >= 0.3 is 0 Å². The Morgan fingerprint density at radius 3 is 2.73 bits per heavy atom. The van der Waals surface area contributed by atoms with Crippen molar-refractivity contribution in [2.45, 2.75) is 12.8 Å². The van der Waals surface area contributed by atoms with Crippen molar-refractivity contribution in [3.8, 4) is 45.3 Å². The number of halogens is 1. The molecule has 1 saturated heterocycles. The second-order valence-electron chi connectivity index (χ2n) is 10.2. The van der Waals surface area contributed by atoms with Crippen LogP contribution in [0.5, 0.6) is 11.5 Å². The summed E-state index contributed by atoms with van der Waals surface area (Å²) < 4.78 is 26.0. The number of H-pyrrole nitrogens is 2. The highest BCUT2D eigenvalue weighted by Crippen LogP contribution is 2.35. The largest absolute Gasteiger partial charge is 0.495 e. The molecule has 2 N–H and O–H groups in total. The number of hydrogen-bond donors (Lipinski definition) is 2. The summed E-state index contributed by atoms with van der Waals surface area (Å²) in [5, 5.41) is 8.47. The molecule has 0 saturated carbocycles. The van der Waals surface area contributed by atoms with Crippen LogP contribution in [0, 0.1) is 5.82 Å². The molecule has 7 rings (SSSR count). The fourth-order valence-electron chi connectivity index (χ4n) is 5.42. The molecule has 41 heavy (non-hydrogen) atoms. The maximum Gasteiger partial charge on any atom is 0.138 e. The van der Waals surface area contributed by atoms with E-state index in [0.29, 0.717) is 35.0 Å². The first-order chi connectivity index (χ1) is 20.1. The predicted octanol–water partition coefficient (Wildman–Crippen LogP) is 5.85. The Balaban J connectivity index is 1.23. The second-order valence-corrected chi connectivity index (χ2v) is 10.2. The van der Waals surface area contributed by atoms with Crippen LogP contribution in [0.15, 0.2) is 67.1 Å². The molecule has 0 bridgehead atoms. The van der Waals surface area contributed by atoms with Crippen molar-refractivity contribution in [2.75, 3.05) is 33.4 Å². The van der Waals surface area contributed by atoms with Gasteiger partial charge in [0.05, 0.1) is 30.2 Å². The summed E-state index contributed by atoms with van der Waals surface area (Å²) in [7, 11) is 1.61. The van der Waals surface area contributed by atoms with E-state index in [1.165, 1.54) is 25.0 Å². The minimum absolute atomic E-state index is 0.346. The number of aromatic nitrogens is 6. The number of ether oxygens (including phenoxy) is 2. The molecule has 6 heterocycles. The molecule has 10 heteroatoms. The number of pyridine rings is 3. The van der Waals surface area contributed by atoms with Gasteiger partial charge in [-0.15, -0.1) is 0 Å². The molecule has 5 aromatic heterocycles. The van der Waals surface area contributed by atoms with Crippen LogP contribution in [-0.4, -0.2) is 68.4 Å². The van der Waals surface area contributed by atoms with E-state index < -0.39 is 0 Å². The van der Waals surface area contributed by atoms with Crippen LogP contribution in [-0.2, 0) is 0 Å². The first-order valence-corrected chi connectivity index (χ1v) is 13.6. The van der Waals surface area contributed by atoms with Crippen molar-refractivity contribution in [3.05, 3.63) is 72.9 Å². The third-order valence-electron chi connectivity index (χ3n) is 7.50. The number of aromatic amines is 2. The molecule has 0 spiro atoms. The second kappa shape index (κ2) is 10.6. The van der Waals surface area contributed by atoms with Crippen LogP contribution >= 0.6 is 0 Å². The zero-order valence-electron chi connectivity index (χ0n) is 22.5. The van der Waals surface area contributed by atoms with E-state index in [-0.39, 0.29) is 5.82 Å². The van der Waals surface area contributed by atoms with E-state index in [1.807, 2.05) is 36.4 Å². The zero-order valence-corrected chi connectivity index (χ0v) is 22.5. The molecular formula is C31H28FN7O2. The molecule has 1 fully saturated rings. The van der Waals surface area contributed by atoms with Crippen molar-refractivity contribution in [2.24, 2.45) is 0 Å². The number of methoxy groups -OCH3 is 1. The Morgan fingerprint density at radius 1 is 0.976 bits per heavy atom. The Labute approximate surface area is 235 Å². The van der Waals surface area contributed by atoms with E-state index in [2.05, 4.69) is 30.0 Å². The van der Waals surface area contributed by atoms with Gasteiger partial charge in [-0.3, -0.25) is 15.0 Å². The van der Waals surface area contributed by atoms with Crippen LogP contribution in [0.1, 0.15) is 12.8 Å². The number of nitrogens with zero attached hydrogens (tertiary/aromatic N) is 5. The highest BCUT2D eigenvalue weighted by Gasteiger charge is 2.17. The minimum Gasteiger partial charge on any atom is -0.495 e. The first kappa shape index (κ1) is 25.2. The smallest absolute Gasteiger partial charge is 0.138 e. The van der Waals surface area contributed by atoms with Crippen molar-refractivity contribution in [3.63, 3.8) is 0 Å². The summed E-state index contributed by atoms with van der Waals surface area (Å²) in [6.45, 7) is 3.57. The average molecular weight is 550 g/mol. The summed E-state index contributed by atoms with van der Waals surface area (Å²) in [5.74, 6) is 0.826. The molecule has 206 valence electrons. The Bertz CT molecular complexity index is 1860. The number of benzene rings is 1. The Morgan fingerprint density at radius 2 is 1.85 bits per heavy atom. The van der Waals surface area contributed by atoms with Crippen LogP contribution in [0.2, 0.25) is 0 Å². The van der Waals surface area contributed by atoms with Crippen molar-refractivity contribution >= 4 is 22.1 Å². The molecule has 1 aromatic carbocycles. The van der Waals surface area contributed by atoms with Gasteiger partial charge in [0, 0.05) is 36.0 Å². The number of rotatable bonds is 8. The SMILES string of the molecule is COc1cncc(-c2ccc3[nH]nc(-c4cc5c(-c6cc(F)cc(OCCN7CCCC7)c6)ccnc5[nH]4)c3n2)c1. The summed E-state index contributed by atoms with van der Waals surface area (Å²) in [5.41, 5.74) is 6.73. The van der Waals surface area contributed by atoms with Crippen molar-refractivity contribution in [1.29, 1.82) is 0 Å². The molecule has 0 atom stereocenters. The van der Waals surface area contributed by atoms with E-state index in [0.717, 1.165) is 58.6 Å². The number of nitrogens with one attached hydrogen (secondary N) is 2. The standard InChI is InChI=1S/C31H28FN7O2/c1-40-23-14-20(17-33-18-23)26-4-5-27-29(35-26)30(38-37-27)28-16-25-24(6-7-34-31(25)36-28)19-12-21(32)15-22(13-19)41-11-10-39-8-2-3-9-39/h4-7,12-18H,2-3,8-11H2,1H3,(H,34,36)(H,37,38). The normalized spacial score (nSPS) is 13.8. The van der Waals surface area contributed by atoms with E-state index in [9.17, 15) is 4.39 Å². The van der Waals surface area contributed by atoms with Crippen LogP contribution in [0.25, 0.3) is 55.8 Å². The number of hydrogen-bond acceptors (Lipinski definition) is 7. The van der Waals surface area contributed by atoms with Gasteiger partial charge < -0.3 is 14.5 Å². The summed E-state index contributed by atoms with van der Waals surface area (Å²) in [6.07, 6.45) is 7.57. The first-order valence-electron chi connectivity index (χ1n) is 13.6. The van der Waals surface area contributed by atoms with Crippen LogP contribution in [0.3, 0.4) is 0 Å². The van der Waals surface area contributed by atoms with E-state index >= 15 is 0 Å². The lowest BCUT2D eigenvalue weighted by atomic mass is 10.0. The summed E-state index contributed by atoms with van der Waals surface area (Å²) in [6, 6.07) is 14.5. The fraction of sp³-hybridized carbons (Fsp3) is 0.226. The average Bonchev–Trinajstić information content (AvgIpc) is 3.76.